The smallest absolute Gasteiger partial charge is 0.176 e. The summed E-state index contributed by atoms with van der Waals surface area (Å²) in [6.45, 7) is 0.735. The molecular weight excluding hydrogens is 248 g/mol. The van der Waals surface area contributed by atoms with E-state index in [0.717, 1.165) is 42.9 Å². The Bertz CT molecular complexity index is 448. The SMILES string of the molecule is COc1csc(C(=O)C2CCOC3(CCC3)C2)c1. The van der Waals surface area contributed by atoms with Gasteiger partial charge in [-0.05, 0) is 32.1 Å². The maximum absolute atomic E-state index is 12.5. The number of ether oxygens (including phenoxy) is 2. The van der Waals surface area contributed by atoms with Gasteiger partial charge in [-0.25, -0.2) is 0 Å². The molecule has 2 fully saturated rings. The van der Waals surface area contributed by atoms with Gasteiger partial charge >= 0.3 is 0 Å². The quantitative estimate of drug-likeness (QED) is 0.788. The van der Waals surface area contributed by atoms with E-state index in [-0.39, 0.29) is 17.3 Å². The van der Waals surface area contributed by atoms with Crippen molar-refractivity contribution in [3.8, 4) is 5.75 Å². The largest absolute Gasteiger partial charge is 0.496 e. The van der Waals surface area contributed by atoms with E-state index in [0.29, 0.717) is 0 Å². The van der Waals surface area contributed by atoms with Crippen LogP contribution >= 0.6 is 11.3 Å². The number of carbonyl (C=O) groups excluding carboxylic acids is 1. The molecule has 18 heavy (non-hydrogen) atoms. The third-order valence-electron chi connectivity index (χ3n) is 4.18. The molecule has 4 heteroatoms. The van der Waals surface area contributed by atoms with Crippen molar-refractivity contribution < 1.29 is 14.3 Å². The molecule has 3 nitrogen and oxygen atoms in total. The van der Waals surface area contributed by atoms with E-state index in [1.165, 1.54) is 17.8 Å². The summed E-state index contributed by atoms with van der Waals surface area (Å²) in [6.07, 6.45) is 5.27. The Morgan fingerprint density at radius 1 is 1.56 bits per heavy atom. The van der Waals surface area contributed by atoms with Gasteiger partial charge in [-0.1, -0.05) is 0 Å². The van der Waals surface area contributed by atoms with Gasteiger partial charge in [0.15, 0.2) is 5.78 Å². The molecule has 0 aromatic carbocycles. The van der Waals surface area contributed by atoms with Crippen LogP contribution in [-0.2, 0) is 4.74 Å². The van der Waals surface area contributed by atoms with Gasteiger partial charge in [-0.15, -0.1) is 11.3 Å². The molecule has 1 saturated heterocycles. The zero-order valence-electron chi connectivity index (χ0n) is 10.6. The highest BCUT2D eigenvalue weighted by Crippen LogP contribution is 2.45. The van der Waals surface area contributed by atoms with E-state index in [1.54, 1.807) is 7.11 Å². The number of Topliss-reactive ketones (excluding diaryl/α,β-unsaturated/α-hetero) is 1. The highest BCUT2D eigenvalue weighted by Gasteiger charge is 2.44. The summed E-state index contributed by atoms with van der Waals surface area (Å²) >= 11 is 1.49. The van der Waals surface area contributed by atoms with E-state index >= 15 is 0 Å². The molecule has 2 heterocycles. The Morgan fingerprint density at radius 2 is 2.39 bits per heavy atom. The van der Waals surface area contributed by atoms with Crippen LogP contribution in [0.3, 0.4) is 0 Å². The maximum atomic E-state index is 12.5. The van der Waals surface area contributed by atoms with Gasteiger partial charge in [0.25, 0.3) is 0 Å². The van der Waals surface area contributed by atoms with Gasteiger partial charge in [-0.3, -0.25) is 4.79 Å². The molecule has 1 aromatic rings. The molecular formula is C14H18O3S. The second-order valence-corrected chi connectivity index (χ2v) is 6.20. The Hall–Kier alpha value is -0.870. The Morgan fingerprint density at radius 3 is 3.00 bits per heavy atom. The van der Waals surface area contributed by atoms with E-state index in [1.807, 2.05) is 11.4 Å². The van der Waals surface area contributed by atoms with Crippen molar-refractivity contribution in [2.45, 2.75) is 37.7 Å². The summed E-state index contributed by atoms with van der Waals surface area (Å²) in [5.41, 5.74) is 0.0416. The van der Waals surface area contributed by atoms with Gasteiger partial charge in [0.1, 0.15) is 5.75 Å². The normalized spacial score (nSPS) is 25.7. The number of methoxy groups -OCH3 is 1. The molecule has 0 amide bonds. The minimum atomic E-state index is 0.0416. The van der Waals surface area contributed by atoms with Crippen LogP contribution in [0.5, 0.6) is 5.75 Å². The van der Waals surface area contributed by atoms with Crippen molar-refractivity contribution in [3.05, 3.63) is 16.3 Å². The topological polar surface area (TPSA) is 35.5 Å². The number of hydrogen-bond acceptors (Lipinski definition) is 4. The molecule has 1 atom stereocenters. The molecule has 1 saturated carbocycles. The fraction of sp³-hybridized carbons (Fsp3) is 0.643. The molecule has 1 spiro atoms. The molecule has 3 rings (SSSR count). The molecule has 2 aliphatic rings. The number of rotatable bonds is 3. The second kappa shape index (κ2) is 4.67. The standard InChI is InChI=1S/C14H18O3S/c1-16-11-7-12(18-9-11)13(15)10-3-6-17-14(8-10)4-2-5-14/h7,9-10H,2-6,8H2,1H3. The van der Waals surface area contributed by atoms with Gasteiger partial charge in [0.05, 0.1) is 17.6 Å². The number of carbonyl (C=O) groups is 1. The van der Waals surface area contributed by atoms with Gasteiger partial charge < -0.3 is 9.47 Å². The van der Waals surface area contributed by atoms with Crippen LogP contribution in [0, 0.1) is 5.92 Å². The second-order valence-electron chi connectivity index (χ2n) is 5.29. The highest BCUT2D eigenvalue weighted by molar-refractivity contribution is 7.12. The van der Waals surface area contributed by atoms with E-state index in [9.17, 15) is 4.79 Å². The van der Waals surface area contributed by atoms with Crippen molar-refractivity contribution in [1.82, 2.24) is 0 Å². The summed E-state index contributed by atoms with van der Waals surface area (Å²) in [5, 5.41) is 1.89. The summed E-state index contributed by atoms with van der Waals surface area (Å²) in [4.78, 5) is 13.3. The molecule has 0 N–H and O–H groups in total. The molecule has 1 aromatic heterocycles. The molecule has 1 unspecified atom stereocenters. The third kappa shape index (κ3) is 2.08. The van der Waals surface area contributed by atoms with Gasteiger partial charge in [0.2, 0.25) is 0 Å². The molecule has 0 radical (unpaired) electrons. The lowest BCUT2D eigenvalue weighted by molar-refractivity contribution is -0.137. The van der Waals surface area contributed by atoms with Gasteiger partial charge in [0, 0.05) is 24.0 Å². The van der Waals surface area contributed by atoms with Crippen molar-refractivity contribution in [3.63, 3.8) is 0 Å². The lowest BCUT2D eigenvalue weighted by atomic mass is 9.71. The van der Waals surface area contributed by atoms with Gasteiger partial charge in [-0.2, -0.15) is 0 Å². The number of thiophene rings is 1. The zero-order chi connectivity index (χ0) is 12.6. The van der Waals surface area contributed by atoms with Crippen LogP contribution < -0.4 is 4.74 Å². The third-order valence-corrected chi connectivity index (χ3v) is 5.11. The fourth-order valence-electron chi connectivity index (χ4n) is 2.93. The summed E-state index contributed by atoms with van der Waals surface area (Å²) in [6, 6.07) is 1.86. The predicted molar refractivity (Wildman–Crippen MR) is 70.5 cm³/mol. The van der Waals surface area contributed by atoms with E-state index in [2.05, 4.69) is 0 Å². The van der Waals surface area contributed by atoms with E-state index < -0.39 is 0 Å². The fourth-order valence-corrected chi connectivity index (χ4v) is 3.80. The van der Waals surface area contributed by atoms with Crippen molar-refractivity contribution >= 4 is 17.1 Å². The Labute approximate surface area is 111 Å². The molecule has 0 bridgehead atoms. The highest BCUT2D eigenvalue weighted by atomic mass is 32.1. The number of ketones is 1. The van der Waals surface area contributed by atoms with Crippen molar-refractivity contribution in [2.24, 2.45) is 5.92 Å². The summed E-state index contributed by atoms with van der Waals surface area (Å²) in [5.74, 6) is 1.20. The Balaban J connectivity index is 1.71. The first-order chi connectivity index (χ1) is 8.72. The minimum absolute atomic E-state index is 0.0416. The van der Waals surface area contributed by atoms with E-state index in [4.69, 9.17) is 9.47 Å². The number of hydrogen-bond donors (Lipinski definition) is 0. The summed E-state index contributed by atoms with van der Waals surface area (Å²) in [7, 11) is 1.63. The first-order valence-corrected chi connectivity index (χ1v) is 7.41. The lowest BCUT2D eigenvalue weighted by Crippen LogP contribution is -2.46. The first-order valence-electron chi connectivity index (χ1n) is 6.53. The minimum Gasteiger partial charge on any atom is -0.496 e. The van der Waals surface area contributed by atoms with Crippen LogP contribution in [0.4, 0.5) is 0 Å². The zero-order valence-corrected chi connectivity index (χ0v) is 11.4. The van der Waals surface area contributed by atoms with Crippen LogP contribution in [0.15, 0.2) is 11.4 Å². The molecule has 1 aliphatic carbocycles. The average molecular weight is 266 g/mol. The molecule has 98 valence electrons. The maximum Gasteiger partial charge on any atom is 0.176 e. The van der Waals surface area contributed by atoms with Crippen LogP contribution in [0.2, 0.25) is 0 Å². The molecule has 1 aliphatic heterocycles. The Kier molecular flexibility index (Phi) is 3.16. The monoisotopic (exact) mass is 266 g/mol. The van der Waals surface area contributed by atoms with Crippen molar-refractivity contribution in [2.75, 3.05) is 13.7 Å². The van der Waals surface area contributed by atoms with Crippen LogP contribution in [-0.4, -0.2) is 25.1 Å². The lowest BCUT2D eigenvalue weighted by Gasteiger charge is -2.46. The predicted octanol–water partition coefficient (Wildman–Crippen LogP) is 3.29. The average Bonchev–Trinajstić information content (AvgIpc) is 2.85. The summed E-state index contributed by atoms with van der Waals surface area (Å²) < 4.78 is 11.0. The van der Waals surface area contributed by atoms with Crippen LogP contribution in [0.1, 0.15) is 41.8 Å². The van der Waals surface area contributed by atoms with Crippen LogP contribution in [0.25, 0.3) is 0 Å². The van der Waals surface area contributed by atoms with Crippen molar-refractivity contribution in [1.29, 1.82) is 0 Å². The first kappa shape index (κ1) is 12.2.